The van der Waals surface area contributed by atoms with Crippen molar-refractivity contribution in [3.05, 3.63) is 65.7 Å². The van der Waals surface area contributed by atoms with Crippen molar-refractivity contribution in [3.63, 3.8) is 0 Å². The SMILES string of the molecule is CSc1ccc(CCN2C(=O)CCC2(C)C(=O)NCc2ccccc2)cc1. The maximum atomic E-state index is 12.9. The van der Waals surface area contributed by atoms with Crippen LogP contribution in [0.25, 0.3) is 0 Å². The van der Waals surface area contributed by atoms with Gasteiger partial charge in [-0.15, -0.1) is 11.8 Å². The third-order valence-electron chi connectivity index (χ3n) is 5.29. The minimum absolute atomic E-state index is 0.0631. The van der Waals surface area contributed by atoms with E-state index >= 15 is 0 Å². The van der Waals surface area contributed by atoms with Crippen LogP contribution < -0.4 is 5.32 Å². The Labute approximate surface area is 165 Å². The summed E-state index contributed by atoms with van der Waals surface area (Å²) >= 11 is 1.71. The van der Waals surface area contributed by atoms with Gasteiger partial charge in [0, 0.05) is 24.4 Å². The lowest BCUT2D eigenvalue weighted by Crippen LogP contribution is -2.54. The number of carbonyl (C=O) groups excluding carboxylic acids is 2. The number of benzene rings is 2. The average Bonchev–Trinajstić information content (AvgIpc) is 3.00. The van der Waals surface area contributed by atoms with Gasteiger partial charge in [0.05, 0.1) is 0 Å². The van der Waals surface area contributed by atoms with E-state index in [9.17, 15) is 9.59 Å². The zero-order chi connectivity index (χ0) is 19.3. The lowest BCUT2D eigenvalue weighted by atomic mass is 9.97. The van der Waals surface area contributed by atoms with Gasteiger partial charge in [0.15, 0.2) is 0 Å². The Bertz CT molecular complexity index is 792. The zero-order valence-corrected chi connectivity index (χ0v) is 16.7. The smallest absolute Gasteiger partial charge is 0.245 e. The minimum atomic E-state index is -0.773. The summed E-state index contributed by atoms with van der Waals surface area (Å²) in [4.78, 5) is 28.3. The number of hydrogen-bond donors (Lipinski definition) is 1. The first kappa shape index (κ1) is 19.5. The second-order valence-electron chi connectivity index (χ2n) is 7.09. The second-order valence-corrected chi connectivity index (χ2v) is 7.97. The molecular formula is C22H26N2O2S. The summed E-state index contributed by atoms with van der Waals surface area (Å²) in [6, 6.07) is 18.2. The van der Waals surface area contributed by atoms with E-state index in [-0.39, 0.29) is 11.8 Å². The predicted octanol–water partition coefficient (Wildman–Crippen LogP) is 3.65. The highest BCUT2D eigenvalue weighted by atomic mass is 32.2. The van der Waals surface area contributed by atoms with Gasteiger partial charge in [-0.05, 0) is 49.3 Å². The standard InChI is InChI=1S/C22H26N2O2S/c1-22(21(26)23-16-18-6-4-3-5-7-18)14-12-20(25)24(22)15-13-17-8-10-19(27-2)11-9-17/h3-11H,12-16H2,1-2H3,(H,23,26). The third-order valence-corrected chi connectivity index (χ3v) is 6.03. The topological polar surface area (TPSA) is 49.4 Å². The molecule has 3 rings (SSSR count). The summed E-state index contributed by atoms with van der Waals surface area (Å²) in [6.45, 7) is 2.93. The molecule has 2 amide bonds. The summed E-state index contributed by atoms with van der Waals surface area (Å²) < 4.78 is 0. The molecule has 142 valence electrons. The van der Waals surface area contributed by atoms with Gasteiger partial charge in [-0.3, -0.25) is 9.59 Å². The third kappa shape index (κ3) is 4.53. The monoisotopic (exact) mass is 382 g/mol. The fourth-order valence-corrected chi connectivity index (χ4v) is 3.91. The van der Waals surface area contributed by atoms with Crippen LogP contribution in [0, 0.1) is 0 Å². The summed E-state index contributed by atoms with van der Waals surface area (Å²) in [6.07, 6.45) is 3.80. The molecule has 0 saturated carbocycles. The Hall–Kier alpha value is -2.27. The van der Waals surface area contributed by atoms with Crippen LogP contribution in [0.2, 0.25) is 0 Å². The van der Waals surface area contributed by atoms with Crippen molar-refractivity contribution < 1.29 is 9.59 Å². The Morgan fingerprint density at radius 2 is 1.81 bits per heavy atom. The van der Waals surface area contributed by atoms with Crippen LogP contribution in [0.5, 0.6) is 0 Å². The number of carbonyl (C=O) groups is 2. The van der Waals surface area contributed by atoms with Crippen molar-refractivity contribution >= 4 is 23.6 Å². The van der Waals surface area contributed by atoms with Gasteiger partial charge in [-0.1, -0.05) is 42.5 Å². The van der Waals surface area contributed by atoms with Gasteiger partial charge in [0.1, 0.15) is 5.54 Å². The molecule has 2 aromatic carbocycles. The van der Waals surface area contributed by atoms with Crippen LogP contribution in [-0.4, -0.2) is 35.1 Å². The maximum Gasteiger partial charge on any atom is 0.245 e. The molecule has 1 unspecified atom stereocenters. The fraction of sp³-hybridized carbons (Fsp3) is 0.364. The first-order valence-electron chi connectivity index (χ1n) is 9.28. The summed E-state index contributed by atoms with van der Waals surface area (Å²) in [7, 11) is 0. The van der Waals surface area contributed by atoms with Crippen molar-refractivity contribution in [1.82, 2.24) is 10.2 Å². The molecule has 1 N–H and O–H groups in total. The summed E-state index contributed by atoms with van der Waals surface area (Å²) in [5.41, 5.74) is 1.46. The predicted molar refractivity (Wildman–Crippen MR) is 110 cm³/mol. The highest BCUT2D eigenvalue weighted by Crippen LogP contribution is 2.30. The molecule has 2 aromatic rings. The van der Waals surface area contributed by atoms with Crippen molar-refractivity contribution in [2.75, 3.05) is 12.8 Å². The van der Waals surface area contributed by atoms with E-state index in [1.165, 1.54) is 10.5 Å². The summed E-state index contributed by atoms with van der Waals surface area (Å²) in [5, 5.41) is 3.01. The molecule has 1 aliphatic heterocycles. The van der Waals surface area contributed by atoms with Crippen LogP contribution in [-0.2, 0) is 22.6 Å². The molecule has 1 fully saturated rings. The fourth-order valence-electron chi connectivity index (χ4n) is 3.50. The van der Waals surface area contributed by atoms with E-state index in [1.54, 1.807) is 16.7 Å². The Balaban J connectivity index is 1.63. The lowest BCUT2D eigenvalue weighted by Gasteiger charge is -2.34. The average molecular weight is 383 g/mol. The molecule has 0 aromatic heterocycles. The molecule has 27 heavy (non-hydrogen) atoms. The Kier molecular flexibility index (Phi) is 6.22. The Morgan fingerprint density at radius 3 is 2.48 bits per heavy atom. The molecule has 0 bridgehead atoms. The molecule has 1 aliphatic rings. The van der Waals surface area contributed by atoms with E-state index in [1.807, 2.05) is 37.3 Å². The largest absolute Gasteiger partial charge is 0.350 e. The van der Waals surface area contributed by atoms with Crippen molar-refractivity contribution in [2.24, 2.45) is 0 Å². The van der Waals surface area contributed by atoms with Crippen molar-refractivity contribution in [3.8, 4) is 0 Å². The first-order valence-corrected chi connectivity index (χ1v) is 10.5. The van der Waals surface area contributed by atoms with Crippen LogP contribution in [0.4, 0.5) is 0 Å². The van der Waals surface area contributed by atoms with E-state index < -0.39 is 5.54 Å². The molecule has 5 heteroatoms. The number of hydrogen-bond acceptors (Lipinski definition) is 3. The number of rotatable bonds is 7. The number of nitrogens with zero attached hydrogens (tertiary/aromatic N) is 1. The molecule has 1 heterocycles. The van der Waals surface area contributed by atoms with Gasteiger partial charge in [-0.2, -0.15) is 0 Å². The van der Waals surface area contributed by atoms with E-state index in [0.717, 1.165) is 12.0 Å². The summed E-state index contributed by atoms with van der Waals surface area (Å²) in [5.74, 6) is -0.0111. The van der Waals surface area contributed by atoms with Crippen LogP contribution in [0.3, 0.4) is 0 Å². The zero-order valence-electron chi connectivity index (χ0n) is 15.9. The molecule has 0 spiro atoms. The minimum Gasteiger partial charge on any atom is -0.350 e. The van der Waals surface area contributed by atoms with Crippen molar-refractivity contribution in [1.29, 1.82) is 0 Å². The number of thioether (sulfide) groups is 1. The molecular weight excluding hydrogens is 356 g/mol. The molecule has 0 radical (unpaired) electrons. The van der Waals surface area contributed by atoms with Crippen molar-refractivity contribution in [2.45, 2.75) is 43.2 Å². The molecule has 0 aliphatic carbocycles. The highest BCUT2D eigenvalue weighted by Gasteiger charge is 2.46. The maximum absolute atomic E-state index is 12.9. The quantitative estimate of drug-likeness (QED) is 0.744. The van der Waals surface area contributed by atoms with E-state index in [0.29, 0.717) is 25.9 Å². The number of amides is 2. The van der Waals surface area contributed by atoms with Crippen LogP contribution in [0.1, 0.15) is 30.9 Å². The highest BCUT2D eigenvalue weighted by molar-refractivity contribution is 7.98. The first-order chi connectivity index (χ1) is 13.0. The van der Waals surface area contributed by atoms with Gasteiger partial charge >= 0.3 is 0 Å². The second kappa shape index (κ2) is 8.61. The molecule has 1 atom stereocenters. The number of likely N-dealkylation sites (tertiary alicyclic amines) is 1. The van der Waals surface area contributed by atoms with Crippen LogP contribution in [0.15, 0.2) is 59.5 Å². The van der Waals surface area contributed by atoms with Gasteiger partial charge in [0.2, 0.25) is 11.8 Å². The molecule has 1 saturated heterocycles. The molecule has 4 nitrogen and oxygen atoms in total. The Morgan fingerprint density at radius 1 is 1.11 bits per heavy atom. The van der Waals surface area contributed by atoms with Crippen LogP contribution >= 0.6 is 11.8 Å². The van der Waals surface area contributed by atoms with Gasteiger partial charge in [-0.25, -0.2) is 0 Å². The van der Waals surface area contributed by atoms with Gasteiger partial charge < -0.3 is 10.2 Å². The van der Waals surface area contributed by atoms with Gasteiger partial charge in [0.25, 0.3) is 0 Å². The number of nitrogens with one attached hydrogen (secondary N) is 1. The lowest BCUT2D eigenvalue weighted by molar-refractivity contribution is -0.140. The van der Waals surface area contributed by atoms with E-state index in [2.05, 4.69) is 35.8 Å². The normalized spacial score (nSPS) is 19.3. The van der Waals surface area contributed by atoms with E-state index in [4.69, 9.17) is 0 Å².